The summed E-state index contributed by atoms with van der Waals surface area (Å²) in [4.78, 5) is 0. The first-order valence-electron chi connectivity index (χ1n) is 8.15. The van der Waals surface area contributed by atoms with Gasteiger partial charge in [-0.1, -0.05) is 76.6 Å². The maximum atomic E-state index is 9.77. The molecular formula is C23H13Br2N. The fourth-order valence-electron chi connectivity index (χ4n) is 3.22. The van der Waals surface area contributed by atoms with Crippen LogP contribution in [0.4, 0.5) is 0 Å². The predicted molar refractivity (Wildman–Crippen MR) is 117 cm³/mol. The van der Waals surface area contributed by atoms with E-state index in [4.69, 9.17) is 0 Å². The largest absolute Gasteiger partial charge is 0.192 e. The normalized spacial score (nSPS) is 11.7. The molecule has 1 nitrogen and oxygen atoms in total. The number of benzene rings is 4. The van der Waals surface area contributed by atoms with Gasteiger partial charge >= 0.3 is 0 Å². The topological polar surface area (TPSA) is 23.8 Å². The molecule has 0 saturated heterocycles. The Labute approximate surface area is 168 Å². The summed E-state index contributed by atoms with van der Waals surface area (Å²) in [5, 5.41) is 14.3. The van der Waals surface area contributed by atoms with Gasteiger partial charge < -0.3 is 0 Å². The Balaban J connectivity index is 2.07. The summed E-state index contributed by atoms with van der Waals surface area (Å²) in [6, 6.07) is 26.8. The van der Waals surface area contributed by atoms with Crippen molar-refractivity contribution in [1.29, 1.82) is 5.26 Å². The van der Waals surface area contributed by atoms with Crippen molar-refractivity contribution in [2.45, 2.75) is 0 Å². The molecule has 0 atom stereocenters. The van der Waals surface area contributed by atoms with E-state index in [1.807, 2.05) is 54.6 Å². The summed E-state index contributed by atoms with van der Waals surface area (Å²) >= 11 is 7.21. The summed E-state index contributed by atoms with van der Waals surface area (Å²) in [6.45, 7) is 0. The van der Waals surface area contributed by atoms with Gasteiger partial charge in [-0.25, -0.2) is 0 Å². The summed E-state index contributed by atoms with van der Waals surface area (Å²) in [5.74, 6) is 0. The molecule has 0 N–H and O–H groups in total. The summed E-state index contributed by atoms with van der Waals surface area (Å²) in [7, 11) is 0. The minimum atomic E-state index is 0.648. The first kappa shape index (κ1) is 17.0. The molecule has 0 aliphatic carbocycles. The van der Waals surface area contributed by atoms with Crippen molar-refractivity contribution in [2.75, 3.05) is 0 Å². The monoisotopic (exact) mass is 461 g/mol. The second-order valence-corrected chi connectivity index (χ2v) is 7.70. The van der Waals surface area contributed by atoms with Gasteiger partial charge in [-0.15, -0.1) is 0 Å². The Morgan fingerprint density at radius 1 is 0.731 bits per heavy atom. The van der Waals surface area contributed by atoms with E-state index in [0.717, 1.165) is 41.6 Å². The third-order valence-corrected chi connectivity index (χ3v) is 5.85. The van der Waals surface area contributed by atoms with Crippen molar-refractivity contribution >= 4 is 65.1 Å². The highest BCUT2D eigenvalue weighted by atomic mass is 79.9. The molecule has 26 heavy (non-hydrogen) atoms. The van der Waals surface area contributed by atoms with Crippen molar-refractivity contribution in [3.05, 3.63) is 92.9 Å². The quantitative estimate of drug-likeness (QED) is 0.171. The summed E-state index contributed by atoms with van der Waals surface area (Å²) in [5.41, 5.74) is 2.63. The van der Waals surface area contributed by atoms with Gasteiger partial charge in [0.1, 0.15) is 0 Å². The average Bonchev–Trinajstić information content (AvgIpc) is 2.69. The third-order valence-electron chi connectivity index (χ3n) is 4.47. The molecule has 3 heteroatoms. The molecule has 4 aromatic carbocycles. The van der Waals surface area contributed by atoms with Crippen LogP contribution in [0.5, 0.6) is 0 Å². The van der Waals surface area contributed by atoms with E-state index in [-0.39, 0.29) is 0 Å². The molecule has 124 valence electrons. The molecule has 0 bridgehead atoms. The molecule has 4 aromatic rings. The molecule has 0 radical (unpaired) electrons. The summed E-state index contributed by atoms with van der Waals surface area (Å²) < 4.78 is 2.08. The van der Waals surface area contributed by atoms with Gasteiger partial charge in [0.25, 0.3) is 0 Å². The average molecular weight is 463 g/mol. The van der Waals surface area contributed by atoms with Gasteiger partial charge in [-0.05, 0) is 66.8 Å². The third kappa shape index (κ3) is 2.96. The van der Waals surface area contributed by atoms with Crippen molar-refractivity contribution < 1.29 is 0 Å². The van der Waals surface area contributed by atoms with E-state index >= 15 is 0 Å². The number of halogens is 2. The van der Waals surface area contributed by atoms with Crippen LogP contribution in [0.1, 0.15) is 11.1 Å². The van der Waals surface area contributed by atoms with E-state index in [2.05, 4.69) is 62.2 Å². The van der Waals surface area contributed by atoms with Gasteiger partial charge in [0.15, 0.2) is 0 Å². The number of fused-ring (bicyclic) bond motifs is 2. The Bertz CT molecular complexity index is 1140. The number of nitrogens with zero attached hydrogens (tertiary/aromatic N) is 1. The van der Waals surface area contributed by atoms with Crippen LogP contribution in [-0.4, -0.2) is 0 Å². The highest BCUT2D eigenvalue weighted by Gasteiger charge is 2.12. The van der Waals surface area contributed by atoms with Gasteiger partial charge in [-0.2, -0.15) is 5.26 Å². The van der Waals surface area contributed by atoms with Gasteiger partial charge in [0.05, 0.1) is 11.6 Å². The number of hydrogen-bond donors (Lipinski definition) is 0. The first-order chi connectivity index (χ1) is 12.7. The standard InChI is InChI=1S/C23H13Br2N/c24-17-11-9-15(10-12-17)16(14-26)13-22-18-5-1-3-7-20(18)23(25)21-8-4-2-6-19(21)22/h1-13H/b16-13+. The van der Waals surface area contributed by atoms with E-state index in [1.54, 1.807) is 0 Å². The molecule has 0 aliphatic heterocycles. The molecular weight excluding hydrogens is 450 g/mol. The zero-order valence-electron chi connectivity index (χ0n) is 13.7. The van der Waals surface area contributed by atoms with Crippen LogP contribution in [0.25, 0.3) is 33.2 Å². The molecule has 0 amide bonds. The van der Waals surface area contributed by atoms with Crippen LogP contribution in [0.15, 0.2) is 81.7 Å². The van der Waals surface area contributed by atoms with Crippen molar-refractivity contribution in [1.82, 2.24) is 0 Å². The highest BCUT2D eigenvalue weighted by Crippen LogP contribution is 2.38. The maximum Gasteiger partial charge on any atom is 0.0998 e. The number of allylic oxidation sites excluding steroid dienone is 1. The lowest BCUT2D eigenvalue weighted by atomic mass is 9.94. The second kappa shape index (κ2) is 7.07. The van der Waals surface area contributed by atoms with Gasteiger partial charge in [0, 0.05) is 8.95 Å². The molecule has 0 aromatic heterocycles. The van der Waals surface area contributed by atoms with Crippen molar-refractivity contribution in [3.8, 4) is 6.07 Å². The number of hydrogen-bond acceptors (Lipinski definition) is 1. The predicted octanol–water partition coefficient (Wildman–Crippen LogP) is 7.58. The van der Waals surface area contributed by atoms with Gasteiger partial charge in [0.2, 0.25) is 0 Å². The van der Waals surface area contributed by atoms with E-state index < -0.39 is 0 Å². The number of nitriles is 1. The maximum absolute atomic E-state index is 9.77. The van der Waals surface area contributed by atoms with E-state index in [9.17, 15) is 5.26 Å². The molecule has 4 rings (SSSR count). The Hall–Kier alpha value is -2.41. The van der Waals surface area contributed by atoms with E-state index in [1.165, 1.54) is 0 Å². The lowest BCUT2D eigenvalue weighted by molar-refractivity contribution is 1.52. The minimum Gasteiger partial charge on any atom is -0.192 e. The number of rotatable bonds is 2. The van der Waals surface area contributed by atoms with Crippen LogP contribution < -0.4 is 0 Å². The molecule has 0 aliphatic rings. The molecule has 0 heterocycles. The lowest BCUT2D eigenvalue weighted by Crippen LogP contribution is -1.88. The highest BCUT2D eigenvalue weighted by molar-refractivity contribution is 9.11. The van der Waals surface area contributed by atoms with Gasteiger partial charge in [-0.3, -0.25) is 0 Å². The lowest BCUT2D eigenvalue weighted by Gasteiger charge is -2.12. The Kier molecular flexibility index (Phi) is 4.63. The smallest absolute Gasteiger partial charge is 0.0998 e. The first-order valence-corrected chi connectivity index (χ1v) is 9.74. The zero-order chi connectivity index (χ0) is 18.1. The fourth-order valence-corrected chi connectivity index (χ4v) is 4.17. The van der Waals surface area contributed by atoms with Crippen molar-refractivity contribution in [2.24, 2.45) is 0 Å². The van der Waals surface area contributed by atoms with Crippen molar-refractivity contribution in [3.63, 3.8) is 0 Å². The second-order valence-electron chi connectivity index (χ2n) is 6.00. The Morgan fingerprint density at radius 2 is 1.23 bits per heavy atom. The molecule has 0 saturated carbocycles. The van der Waals surface area contributed by atoms with Crippen LogP contribution in [-0.2, 0) is 0 Å². The Morgan fingerprint density at radius 3 is 1.73 bits per heavy atom. The molecule has 0 fully saturated rings. The summed E-state index contributed by atoms with van der Waals surface area (Å²) in [6.07, 6.45) is 2.00. The van der Waals surface area contributed by atoms with Crippen LogP contribution in [0, 0.1) is 11.3 Å². The van der Waals surface area contributed by atoms with Crippen LogP contribution >= 0.6 is 31.9 Å². The molecule has 0 spiro atoms. The molecule has 0 unspecified atom stereocenters. The zero-order valence-corrected chi connectivity index (χ0v) is 16.9. The minimum absolute atomic E-state index is 0.648. The van der Waals surface area contributed by atoms with E-state index in [0.29, 0.717) is 5.57 Å². The SMILES string of the molecule is N#C/C(=C\c1c2ccccc2c(Br)c2ccccc12)c1ccc(Br)cc1. The van der Waals surface area contributed by atoms with Crippen LogP contribution in [0.2, 0.25) is 0 Å². The fraction of sp³-hybridized carbons (Fsp3) is 0. The van der Waals surface area contributed by atoms with Crippen LogP contribution in [0.3, 0.4) is 0 Å².